The Hall–Kier alpha value is -3.46. The van der Waals surface area contributed by atoms with Crippen molar-refractivity contribution in [2.24, 2.45) is 0 Å². The molecule has 3 aromatic carbocycles. The van der Waals surface area contributed by atoms with E-state index in [0.717, 1.165) is 33.5 Å². The van der Waals surface area contributed by atoms with E-state index < -0.39 is 5.91 Å². The molecule has 3 aromatic rings. The van der Waals surface area contributed by atoms with E-state index in [4.69, 9.17) is 32.7 Å². The summed E-state index contributed by atoms with van der Waals surface area (Å²) in [4.78, 5) is 38.9. The predicted molar refractivity (Wildman–Crippen MR) is 151 cm³/mol. The quantitative estimate of drug-likeness (QED) is 0.286. The van der Waals surface area contributed by atoms with Crippen molar-refractivity contribution in [2.75, 3.05) is 25.1 Å². The molecule has 1 aliphatic rings. The Labute approximate surface area is 234 Å². The highest BCUT2D eigenvalue weighted by molar-refractivity contribution is 8.18. The van der Waals surface area contributed by atoms with Gasteiger partial charge in [-0.1, -0.05) is 41.4 Å². The smallest absolute Gasteiger partial charge is 0.293 e. The van der Waals surface area contributed by atoms with Crippen LogP contribution in [0.4, 0.5) is 10.5 Å². The van der Waals surface area contributed by atoms with Crippen LogP contribution in [0.15, 0.2) is 65.6 Å². The first-order valence-corrected chi connectivity index (χ1v) is 13.2. The van der Waals surface area contributed by atoms with Crippen LogP contribution in [0, 0.1) is 13.8 Å². The van der Waals surface area contributed by atoms with Gasteiger partial charge >= 0.3 is 0 Å². The van der Waals surface area contributed by atoms with Gasteiger partial charge in [0.1, 0.15) is 18.1 Å². The van der Waals surface area contributed by atoms with Crippen molar-refractivity contribution in [1.29, 1.82) is 0 Å². The van der Waals surface area contributed by atoms with Crippen LogP contribution in [0.25, 0.3) is 6.08 Å². The third-order valence-electron chi connectivity index (χ3n) is 5.55. The van der Waals surface area contributed by atoms with Gasteiger partial charge in [-0.15, -0.1) is 0 Å². The molecule has 3 amide bonds. The molecule has 0 bridgehead atoms. The van der Waals surface area contributed by atoms with Gasteiger partial charge in [-0.25, -0.2) is 0 Å². The number of aryl methyl sites for hydroxylation is 2. The number of hydrogen-bond donors (Lipinski definition) is 1. The van der Waals surface area contributed by atoms with Crippen LogP contribution in [-0.4, -0.2) is 41.7 Å². The minimum atomic E-state index is -0.403. The molecule has 0 saturated carbocycles. The number of carbonyl (C=O) groups is 3. The Morgan fingerprint density at radius 1 is 1.00 bits per heavy atom. The normalized spacial score (nSPS) is 14.2. The van der Waals surface area contributed by atoms with Gasteiger partial charge in [0.2, 0.25) is 0 Å². The largest absolute Gasteiger partial charge is 0.492 e. The van der Waals surface area contributed by atoms with E-state index in [1.54, 1.807) is 48.5 Å². The monoisotopic (exact) mass is 570 g/mol. The van der Waals surface area contributed by atoms with Crippen LogP contribution in [0.1, 0.15) is 16.7 Å². The second-order valence-corrected chi connectivity index (χ2v) is 10.3. The van der Waals surface area contributed by atoms with E-state index in [-0.39, 0.29) is 40.8 Å². The zero-order valence-electron chi connectivity index (χ0n) is 20.6. The van der Waals surface area contributed by atoms with E-state index in [0.29, 0.717) is 22.1 Å². The summed E-state index contributed by atoms with van der Waals surface area (Å²) in [7, 11) is 0. The number of nitrogens with zero attached hydrogens (tertiary/aromatic N) is 1. The Balaban J connectivity index is 1.32. The summed E-state index contributed by atoms with van der Waals surface area (Å²) < 4.78 is 11.2. The summed E-state index contributed by atoms with van der Waals surface area (Å²) in [5.41, 5.74) is 3.33. The van der Waals surface area contributed by atoms with Gasteiger partial charge in [0.15, 0.2) is 6.61 Å². The molecule has 0 atom stereocenters. The van der Waals surface area contributed by atoms with E-state index >= 15 is 0 Å². The second kappa shape index (κ2) is 12.4. The van der Waals surface area contributed by atoms with Crippen LogP contribution >= 0.6 is 35.0 Å². The number of nitrogens with one attached hydrogen (secondary N) is 1. The SMILES string of the molecule is Cc1ccc(C)c(NC(=O)COc2ccc(/C=C3\SC(=O)N(CCOc4ccc(Cl)cc4)C3=O)cc2Cl)c1. The summed E-state index contributed by atoms with van der Waals surface area (Å²) in [6.07, 6.45) is 1.59. The first-order chi connectivity index (χ1) is 18.2. The van der Waals surface area contributed by atoms with Crippen LogP contribution < -0.4 is 14.8 Å². The summed E-state index contributed by atoms with van der Waals surface area (Å²) >= 11 is 13.1. The van der Waals surface area contributed by atoms with Crippen molar-refractivity contribution >= 4 is 63.8 Å². The van der Waals surface area contributed by atoms with E-state index in [2.05, 4.69) is 5.32 Å². The molecule has 10 heteroatoms. The lowest BCUT2D eigenvalue weighted by molar-refractivity contribution is -0.123. The number of halogens is 2. The maximum atomic E-state index is 12.8. The molecule has 0 aliphatic carbocycles. The van der Waals surface area contributed by atoms with Gasteiger partial charge in [-0.3, -0.25) is 19.3 Å². The zero-order valence-corrected chi connectivity index (χ0v) is 23.0. The molecule has 1 saturated heterocycles. The number of carbonyl (C=O) groups excluding carboxylic acids is 3. The molecule has 1 heterocycles. The number of benzene rings is 3. The number of imide groups is 1. The second-order valence-electron chi connectivity index (χ2n) is 8.48. The number of hydrogen-bond acceptors (Lipinski definition) is 6. The minimum Gasteiger partial charge on any atom is -0.492 e. The number of ether oxygens (including phenoxy) is 2. The fourth-order valence-corrected chi connectivity index (χ4v) is 4.79. The van der Waals surface area contributed by atoms with Gasteiger partial charge in [-0.05, 0) is 90.8 Å². The molecular weight excluding hydrogens is 547 g/mol. The fraction of sp³-hybridized carbons (Fsp3) is 0.179. The molecule has 38 heavy (non-hydrogen) atoms. The highest BCUT2D eigenvalue weighted by Crippen LogP contribution is 2.34. The van der Waals surface area contributed by atoms with Crippen molar-refractivity contribution in [2.45, 2.75) is 13.8 Å². The molecule has 1 N–H and O–H groups in total. The number of thioether (sulfide) groups is 1. The Morgan fingerprint density at radius 2 is 1.76 bits per heavy atom. The van der Waals surface area contributed by atoms with Gasteiger partial charge in [-0.2, -0.15) is 0 Å². The molecule has 0 radical (unpaired) electrons. The van der Waals surface area contributed by atoms with Crippen molar-refractivity contribution < 1.29 is 23.9 Å². The number of rotatable bonds is 9. The standard InChI is InChI=1S/C28H24Cl2N2O5S/c1-17-3-4-18(2)23(13-17)31-26(33)16-37-24-10-5-19(14-22(24)30)15-25-27(34)32(28(35)38-25)11-12-36-21-8-6-20(29)7-9-21/h3-10,13-15H,11-12,16H2,1-2H3,(H,31,33)/b25-15-. The van der Waals surface area contributed by atoms with Crippen LogP contribution in [0.2, 0.25) is 10.0 Å². The van der Waals surface area contributed by atoms with Gasteiger partial charge in [0, 0.05) is 10.7 Å². The van der Waals surface area contributed by atoms with Gasteiger partial charge in [0.05, 0.1) is 16.5 Å². The third-order valence-corrected chi connectivity index (χ3v) is 7.01. The molecule has 1 aliphatic heterocycles. The molecule has 0 aromatic heterocycles. The lowest BCUT2D eigenvalue weighted by atomic mass is 10.1. The highest BCUT2D eigenvalue weighted by Gasteiger charge is 2.34. The molecule has 196 valence electrons. The van der Waals surface area contributed by atoms with E-state index in [9.17, 15) is 14.4 Å². The summed E-state index contributed by atoms with van der Waals surface area (Å²) in [5, 5.41) is 3.32. The number of anilines is 1. The van der Waals surface area contributed by atoms with Crippen LogP contribution in [0.3, 0.4) is 0 Å². The van der Waals surface area contributed by atoms with Gasteiger partial charge in [0.25, 0.3) is 17.1 Å². The Bertz CT molecular complexity index is 1410. The van der Waals surface area contributed by atoms with Crippen molar-refractivity contribution in [3.8, 4) is 11.5 Å². The first kappa shape index (κ1) is 27.6. The van der Waals surface area contributed by atoms with E-state index in [1.807, 2.05) is 32.0 Å². The van der Waals surface area contributed by atoms with Crippen LogP contribution in [-0.2, 0) is 9.59 Å². The maximum absolute atomic E-state index is 12.8. The number of amides is 3. The van der Waals surface area contributed by atoms with Crippen molar-refractivity contribution in [3.63, 3.8) is 0 Å². The summed E-state index contributed by atoms with van der Waals surface area (Å²) in [5.74, 6) is 0.204. The van der Waals surface area contributed by atoms with Crippen molar-refractivity contribution in [1.82, 2.24) is 4.90 Å². The zero-order chi connectivity index (χ0) is 27.2. The Morgan fingerprint density at radius 3 is 2.50 bits per heavy atom. The highest BCUT2D eigenvalue weighted by atomic mass is 35.5. The first-order valence-electron chi connectivity index (χ1n) is 11.6. The third kappa shape index (κ3) is 7.10. The molecule has 7 nitrogen and oxygen atoms in total. The predicted octanol–water partition coefficient (Wildman–Crippen LogP) is 6.74. The molecule has 0 spiro atoms. The molecule has 4 rings (SSSR count). The molecule has 0 unspecified atom stereocenters. The van der Waals surface area contributed by atoms with Crippen LogP contribution in [0.5, 0.6) is 11.5 Å². The summed E-state index contributed by atoms with van der Waals surface area (Å²) in [6.45, 7) is 3.91. The van der Waals surface area contributed by atoms with E-state index in [1.165, 1.54) is 0 Å². The lowest BCUT2D eigenvalue weighted by Gasteiger charge is -2.13. The maximum Gasteiger partial charge on any atom is 0.293 e. The molecular formula is C28H24Cl2N2O5S. The summed E-state index contributed by atoms with van der Waals surface area (Å²) in [6, 6.07) is 17.5. The van der Waals surface area contributed by atoms with Gasteiger partial charge < -0.3 is 14.8 Å². The lowest BCUT2D eigenvalue weighted by Crippen LogP contribution is -2.32. The average molecular weight is 571 g/mol. The topological polar surface area (TPSA) is 84.9 Å². The average Bonchev–Trinajstić information content (AvgIpc) is 3.14. The minimum absolute atomic E-state index is 0.113. The molecule has 1 fully saturated rings. The Kier molecular flexibility index (Phi) is 8.99. The fourth-order valence-electron chi connectivity index (χ4n) is 3.55. The van der Waals surface area contributed by atoms with Crippen molar-refractivity contribution in [3.05, 3.63) is 92.3 Å².